The van der Waals surface area contributed by atoms with Crippen molar-refractivity contribution in [3.05, 3.63) is 70.0 Å². The van der Waals surface area contributed by atoms with E-state index in [-0.39, 0.29) is 5.56 Å². The summed E-state index contributed by atoms with van der Waals surface area (Å²) in [6.07, 6.45) is 2.23. The molecular formula is C18H17FN4O2. The van der Waals surface area contributed by atoms with Gasteiger partial charge < -0.3 is 15.6 Å². The van der Waals surface area contributed by atoms with Gasteiger partial charge in [-0.2, -0.15) is 0 Å². The Hall–Kier alpha value is -3.22. The number of hydrogen-bond acceptors (Lipinski definition) is 4. The summed E-state index contributed by atoms with van der Waals surface area (Å²) in [5.74, 6) is -0.959. The van der Waals surface area contributed by atoms with Gasteiger partial charge in [0.05, 0.1) is 11.2 Å². The summed E-state index contributed by atoms with van der Waals surface area (Å²) in [5.41, 5.74) is 1.18. The SMILES string of the molecule is CNc1cc(F)cc2cc(C(=O)NCCc3ccccn3)c(=O)[nH]c12. The molecule has 25 heavy (non-hydrogen) atoms. The summed E-state index contributed by atoms with van der Waals surface area (Å²) in [7, 11) is 1.63. The maximum absolute atomic E-state index is 13.7. The molecule has 2 aromatic heterocycles. The van der Waals surface area contributed by atoms with Crippen molar-refractivity contribution in [1.82, 2.24) is 15.3 Å². The largest absolute Gasteiger partial charge is 0.386 e. The Morgan fingerprint density at radius 1 is 1.28 bits per heavy atom. The third-order valence-electron chi connectivity index (χ3n) is 3.82. The Bertz CT molecular complexity index is 970. The van der Waals surface area contributed by atoms with Crippen molar-refractivity contribution in [3.63, 3.8) is 0 Å². The van der Waals surface area contributed by atoms with Gasteiger partial charge in [0, 0.05) is 37.3 Å². The molecule has 1 amide bonds. The quantitative estimate of drug-likeness (QED) is 0.664. The van der Waals surface area contributed by atoms with Gasteiger partial charge in [-0.3, -0.25) is 14.6 Å². The van der Waals surface area contributed by atoms with Crippen LogP contribution in [0.15, 0.2) is 47.4 Å². The summed E-state index contributed by atoms with van der Waals surface area (Å²) < 4.78 is 13.7. The van der Waals surface area contributed by atoms with Crippen LogP contribution in [0, 0.1) is 5.82 Å². The van der Waals surface area contributed by atoms with Gasteiger partial charge in [0.2, 0.25) is 0 Å². The van der Waals surface area contributed by atoms with Crippen LogP contribution >= 0.6 is 0 Å². The number of nitrogens with zero attached hydrogens (tertiary/aromatic N) is 1. The van der Waals surface area contributed by atoms with Gasteiger partial charge in [0.1, 0.15) is 11.4 Å². The van der Waals surface area contributed by atoms with Gasteiger partial charge in [-0.25, -0.2) is 4.39 Å². The van der Waals surface area contributed by atoms with Crippen LogP contribution < -0.4 is 16.2 Å². The molecule has 1 aromatic carbocycles. The first-order valence-electron chi connectivity index (χ1n) is 7.81. The van der Waals surface area contributed by atoms with E-state index in [0.29, 0.717) is 29.6 Å². The Labute approximate surface area is 143 Å². The predicted octanol–water partition coefficient (Wildman–Crippen LogP) is 2.08. The molecule has 7 heteroatoms. The van der Waals surface area contributed by atoms with E-state index in [0.717, 1.165) is 5.69 Å². The third-order valence-corrected chi connectivity index (χ3v) is 3.82. The van der Waals surface area contributed by atoms with Gasteiger partial charge in [0.25, 0.3) is 11.5 Å². The topological polar surface area (TPSA) is 86.9 Å². The van der Waals surface area contributed by atoms with Crippen LogP contribution in [0.1, 0.15) is 16.1 Å². The van der Waals surface area contributed by atoms with E-state index in [1.807, 2.05) is 18.2 Å². The van der Waals surface area contributed by atoms with Gasteiger partial charge in [0.15, 0.2) is 0 Å². The number of pyridine rings is 2. The highest BCUT2D eigenvalue weighted by molar-refractivity contribution is 5.99. The molecule has 3 rings (SSSR count). The summed E-state index contributed by atoms with van der Waals surface area (Å²) in [6.45, 7) is 0.345. The summed E-state index contributed by atoms with van der Waals surface area (Å²) >= 11 is 0. The molecule has 2 heterocycles. The van der Waals surface area contributed by atoms with E-state index in [2.05, 4.69) is 20.6 Å². The second-order valence-corrected chi connectivity index (χ2v) is 5.51. The molecule has 0 atom stereocenters. The van der Waals surface area contributed by atoms with Crippen LogP contribution in [0.3, 0.4) is 0 Å². The molecule has 0 aliphatic heterocycles. The lowest BCUT2D eigenvalue weighted by Gasteiger charge is -2.09. The molecule has 0 fully saturated rings. The van der Waals surface area contributed by atoms with Crippen molar-refractivity contribution in [1.29, 1.82) is 0 Å². The molecule has 0 saturated carbocycles. The first kappa shape index (κ1) is 16.6. The Morgan fingerprint density at radius 2 is 2.12 bits per heavy atom. The summed E-state index contributed by atoms with van der Waals surface area (Å²) in [6, 6.07) is 9.49. The highest BCUT2D eigenvalue weighted by Gasteiger charge is 2.13. The number of rotatable bonds is 5. The number of benzene rings is 1. The monoisotopic (exact) mass is 340 g/mol. The van der Waals surface area contributed by atoms with Crippen LogP contribution in [0.5, 0.6) is 0 Å². The standard InChI is InChI=1S/C18H17FN4O2/c1-20-15-10-12(19)8-11-9-14(18(25)23-16(11)15)17(24)22-7-5-13-4-2-3-6-21-13/h2-4,6,8-10,20H,5,7H2,1H3,(H,22,24)(H,23,25). The van der Waals surface area contributed by atoms with E-state index in [9.17, 15) is 14.0 Å². The van der Waals surface area contributed by atoms with Crippen LogP contribution in [0.4, 0.5) is 10.1 Å². The minimum atomic E-state index is -0.522. The molecule has 0 spiro atoms. The summed E-state index contributed by atoms with van der Waals surface area (Å²) in [5, 5.41) is 5.95. The second kappa shape index (κ2) is 7.12. The molecule has 0 radical (unpaired) electrons. The number of aromatic nitrogens is 2. The van der Waals surface area contributed by atoms with E-state index >= 15 is 0 Å². The van der Waals surface area contributed by atoms with Gasteiger partial charge in [-0.15, -0.1) is 0 Å². The molecule has 0 aliphatic rings. The molecule has 3 aromatic rings. The van der Waals surface area contributed by atoms with E-state index in [1.54, 1.807) is 13.2 Å². The van der Waals surface area contributed by atoms with Gasteiger partial charge in [-0.1, -0.05) is 6.07 Å². The molecule has 0 unspecified atom stereocenters. The molecule has 0 bridgehead atoms. The first-order valence-corrected chi connectivity index (χ1v) is 7.81. The van der Waals surface area contributed by atoms with Gasteiger partial charge in [-0.05, 0) is 30.3 Å². The zero-order valence-corrected chi connectivity index (χ0v) is 13.6. The lowest BCUT2D eigenvalue weighted by Crippen LogP contribution is -2.31. The lowest BCUT2D eigenvalue weighted by molar-refractivity contribution is 0.0952. The number of H-pyrrole nitrogens is 1. The highest BCUT2D eigenvalue weighted by Crippen LogP contribution is 2.22. The van der Waals surface area contributed by atoms with E-state index in [4.69, 9.17) is 0 Å². The minimum Gasteiger partial charge on any atom is -0.386 e. The van der Waals surface area contributed by atoms with Crippen molar-refractivity contribution >= 4 is 22.5 Å². The molecule has 0 aliphatic carbocycles. The molecule has 6 nitrogen and oxygen atoms in total. The number of amides is 1. The Kier molecular flexibility index (Phi) is 4.74. The predicted molar refractivity (Wildman–Crippen MR) is 94.3 cm³/mol. The number of carbonyl (C=O) groups excluding carboxylic acids is 1. The number of nitrogens with one attached hydrogen (secondary N) is 3. The van der Waals surface area contributed by atoms with Crippen LogP contribution in [-0.4, -0.2) is 29.5 Å². The van der Waals surface area contributed by atoms with Crippen molar-refractivity contribution in [3.8, 4) is 0 Å². The zero-order valence-electron chi connectivity index (χ0n) is 13.6. The van der Waals surface area contributed by atoms with E-state index < -0.39 is 17.3 Å². The minimum absolute atomic E-state index is 0.0545. The number of carbonyl (C=O) groups is 1. The van der Waals surface area contributed by atoms with Crippen molar-refractivity contribution < 1.29 is 9.18 Å². The lowest BCUT2D eigenvalue weighted by atomic mass is 10.1. The molecule has 0 saturated heterocycles. The highest BCUT2D eigenvalue weighted by atomic mass is 19.1. The number of hydrogen-bond donors (Lipinski definition) is 3. The fourth-order valence-electron chi connectivity index (χ4n) is 2.59. The Morgan fingerprint density at radius 3 is 2.84 bits per heavy atom. The number of halogens is 1. The molecule has 128 valence electrons. The first-order chi connectivity index (χ1) is 12.1. The van der Waals surface area contributed by atoms with Crippen molar-refractivity contribution in [2.45, 2.75) is 6.42 Å². The van der Waals surface area contributed by atoms with Crippen LogP contribution in [0.25, 0.3) is 10.9 Å². The number of fused-ring (bicyclic) bond motifs is 1. The van der Waals surface area contributed by atoms with Gasteiger partial charge >= 0.3 is 0 Å². The number of anilines is 1. The normalized spacial score (nSPS) is 10.6. The van der Waals surface area contributed by atoms with Crippen molar-refractivity contribution in [2.24, 2.45) is 0 Å². The number of aromatic amines is 1. The fourth-order valence-corrected chi connectivity index (χ4v) is 2.59. The Balaban J connectivity index is 1.81. The maximum atomic E-state index is 13.7. The average molecular weight is 340 g/mol. The van der Waals surface area contributed by atoms with Crippen LogP contribution in [0.2, 0.25) is 0 Å². The average Bonchev–Trinajstić information content (AvgIpc) is 2.61. The molecular weight excluding hydrogens is 323 g/mol. The van der Waals surface area contributed by atoms with Crippen molar-refractivity contribution in [2.75, 3.05) is 18.9 Å². The maximum Gasteiger partial charge on any atom is 0.261 e. The van der Waals surface area contributed by atoms with E-state index in [1.165, 1.54) is 18.2 Å². The summed E-state index contributed by atoms with van der Waals surface area (Å²) in [4.78, 5) is 31.3. The smallest absolute Gasteiger partial charge is 0.261 e. The third kappa shape index (κ3) is 3.65. The van der Waals surface area contributed by atoms with Crippen LogP contribution in [-0.2, 0) is 6.42 Å². The second-order valence-electron chi connectivity index (χ2n) is 5.51. The fraction of sp³-hybridized carbons (Fsp3) is 0.167. The molecule has 3 N–H and O–H groups in total. The zero-order chi connectivity index (χ0) is 17.8.